The molecule has 4 aromatic rings. The number of nitrogen functional groups attached to an aromatic ring is 1. The second kappa shape index (κ2) is 6.08. The second-order valence-electron chi connectivity index (χ2n) is 6.81. The summed E-state index contributed by atoms with van der Waals surface area (Å²) in [5.41, 5.74) is 9.22. The molecule has 5 rings (SSSR count). The number of aromatic amines is 2. The lowest BCUT2D eigenvalue weighted by atomic mass is 10.1. The molecule has 28 heavy (non-hydrogen) atoms. The van der Waals surface area contributed by atoms with Crippen LogP contribution in [0.4, 0.5) is 5.69 Å². The summed E-state index contributed by atoms with van der Waals surface area (Å²) in [6.07, 6.45) is 5.38. The van der Waals surface area contributed by atoms with Crippen LogP contribution in [0.15, 0.2) is 46.3 Å². The van der Waals surface area contributed by atoms with E-state index in [1.54, 1.807) is 16.8 Å². The van der Waals surface area contributed by atoms with E-state index in [0.717, 1.165) is 24.1 Å². The van der Waals surface area contributed by atoms with Gasteiger partial charge in [0.25, 0.3) is 0 Å². The third kappa shape index (κ3) is 2.92. The largest absolute Gasteiger partial charge is 0.493 e. The van der Waals surface area contributed by atoms with Gasteiger partial charge in [-0.3, -0.25) is 9.98 Å². The van der Waals surface area contributed by atoms with Gasteiger partial charge in [-0.1, -0.05) is 12.1 Å². The van der Waals surface area contributed by atoms with Gasteiger partial charge in [-0.25, -0.2) is 9.78 Å². The van der Waals surface area contributed by atoms with E-state index in [1.807, 2.05) is 30.3 Å². The van der Waals surface area contributed by atoms with E-state index in [4.69, 9.17) is 15.7 Å². The highest BCUT2D eigenvalue weighted by molar-refractivity contribution is 5.66. The molecule has 0 amide bonds. The number of hydrogen-bond acceptors (Lipinski definition) is 6. The average Bonchev–Trinajstić information content (AvgIpc) is 3.30. The third-order valence-electron chi connectivity index (χ3n) is 4.56. The zero-order valence-electron chi connectivity index (χ0n) is 14.8. The Morgan fingerprint density at radius 1 is 1.29 bits per heavy atom. The van der Waals surface area contributed by atoms with Crippen LogP contribution in [0.25, 0.3) is 23.0 Å². The van der Waals surface area contributed by atoms with Crippen molar-refractivity contribution >= 4 is 17.4 Å². The van der Waals surface area contributed by atoms with E-state index in [2.05, 4.69) is 15.1 Å². The van der Waals surface area contributed by atoms with E-state index < -0.39 is 5.69 Å². The predicted octanol–water partition coefficient (Wildman–Crippen LogP) is 0.311. The molecule has 9 nitrogen and oxygen atoms in total. The first-order chi connectivity index (χ1) is 13.6. The average molecular weight is 375 g/mol. The Morgan fingerprint density at radius 3 is 2.86 bits per heavy atom. The Balaban J connectivity index is 1.79. The van der Waals surface area contributed by atoms with Gasteiger partial charge < -0.3 is 15.8 Å². The van der Waals surface area contributed by atoms with Crippen LogP contribution in [0.2, 0.25) is 0 Å². The van der Waals surface area contributed by atoms with Crippen LogP contribution < -0.4 is 22.1 Å². The lowest BCUT2D eigenvalue weighted by Gasteiger charge is -2.04. The Labute approximate surface area is 157 Å². The zero-order valence-corrected chi connectivity index (χ0v) is 14.8. The molecule has 1 fully saturated rings. The molecule has 1 saturated carbocycles. The first-order valence-electron chi connectivity index (χ1n) is 8.88. The maximum absolute atomic E-state index is 11.4. The number of benzene rings is 1. The molecule has 140 valence electrons. The van der Waals surface area contributed by atoms with Gasteiger partial charge in [0.05, 0.1) is 17.9 Å². The minimum absolute atomic E-state index is 0.237. The van der Waals surface area contributed by atoms with Crippen molar-refractivity contribution in [2.24, 2.45) is 4.99 Å². The first-order valence-corrected chi connectivity index (χ1v) is 8.88. The number of anilines is 1. The molecule has 0 saturated heterocycles. The van der Waals surface area contributed by atoms with Gasteiger partial charge in [0.1, 0.15) is 5.69 Å². The van der Waals surface area contributed by atoms with Crippen molar-refractivity contribution in [1.82, 2.24) is 24.6 Å². The van der Waals surface area contributed by atoms with Crippen LogP contribution in [0.5, 0.6) is 5.88 Å². The standard InChI is InChI=1S/C19H17N7O2/c20-12-3-1-2-10(6-12)14-8-16(22-13-4-5-13)26-17(23-14)11(9-21-26)7-15-18(27)25-19(28)24-15/h1-3,6-9,13,27H,4-5,20H2,(H2,24,25,28). The van der Waals surface area contributed by atoms with E-state index in [0.29, 0.717) is 28.1 Å². The molecule has 9 heteroatoms. The smallest absolute Gasteiger partial charge is 0.326 e. The van der Waals surface area contributed by atoms with Crippen molar-refractivity contribution in [2.45, 2.75) is 18.9 Å². The molecule has 5 N–H and O–H groups in total. The number of nitrogens with one attached hydrogen (secondary N) is 2. The minimum atomic E-state index is -0.488. The molecule has 0 atom stereocenters. The lowest BCUT2D eigenvalue weighted by molar-refractivity contribution is 0.454. The van der Waals surface area contributed by atoms with Crippen molar-refractivity contribution in [3.63, 3.8) is 0 Å². The molecule has 0 spiro atoms. The molecule has 1 aromatic carbocycles. The van der Waals surface area contributed by atoms with Gasteiger partial charge in [-0.05, 0) is 31.1 Å². The number of aromatic nitrogens is 5. The molecule has 0 unspecified atom stereocenters. The molecule has 0 bridgehead atoms. The van der Waals surface area contributed by atoms with Crippen LogP contribution in [-0.4, -0.2) is 35.7 Å². The van der Waals surface area contributed by atoms with Crippen LogP contribution >= 0.6 is 0 Å². The van der Waals surface area contributed by atoms with E-state index in [9.17, 15) is 9.90 Å². The maximum atomic E-state index is 11.4. The highest BCUT2D eigenvalue weighted by atomic mass is 16.3. The monoisotopic (exact) mass is 375 g/mol. The summed E-state index contributed by atoms with van der Waals surface area (Å²) >= 11 is 0. The number of rotatable bonds is 3. The Hall–Kier alpha value is -3.88. The fraction of sp³-hybridized carbons (Fsp3) is 0.158. The minimum Gasteiger partial charge on any atom is -0.493 e. The number of aromatic hydroxyl groups is 1. The van der Waals surface area contributed by atoms with Gasteiger partial charge in [0.2, 0.25) is 5.88 Å². The summed E-state index contributed by atoms with van der Waals surface area (Å²) in [6, 6.07) is 9.69. The van der Waals surface area contributed by atoms with Crippen LogP contribution in [-0.2, 0) is 0 Å². The quantitative estimate of drug-likeness (QED) is 0.382. The molecule has 0 aliphatic heterocycles. The number of H-pyrrole nitrogens is 2. The molecule has 1 aliphatic carbocycles. The van der Waals surface area contributed by atoms with E-state index in [-0.39, 0.29) is 11.6 Å². The van der Waals surface area contributed by atoms with E-state index in [1.165, 1.54) is 0 Å². The Morgan fingerprint density at radius 2 is 2.14 bits per heavy atom. The van der Waals surface area contributed by atoms with Crippen molar-refractivity contribution in [2.75, 3.05) is 5.73 Å². The van der Waals surface area contributed by atoms with Crippen molar-refractivity contribution in [3.8, 4) is 17.1 Å². The lowest BCUT2D eigenvalue weighted by Crippen LogP contribution is -2.19. The summed E-state index contributed by atoms with van der Waals surface area (Å²) < 4.78 is 1.67. The fourth-order valence-corrected chi connectivity index (χ4v) is 3.04. The summed E-state index contributed by atoms with van der Waals surface area (Å²) in [7, 11) is 0. The van der Waals surface area contributed by atoms with Crippen molar-refractivity contribution in [3.05, 3.63) is 63.4 Å². The second-order valence-corrected chi connectivity index (χ2v) is 6.81. The van der Waals surface area contributed by atoms with Gasteiger partial charge in [-0.15, -0.1) is 0 Å². The van der Waals surface area contributed by atoms with Crippen molar-refractivity contribution in [1.29, 1.82) is 0 Å². The van der Waals surface area contributed by atoms with Gasteiger partial charge in [-0.2, -0.15) is 9.61 Å². The van der Waals surface area contributed by atoms with Crippen LogP contribution in [0.3, 0.4) is 0 Å². The van der Waals surface area contributed by atoms with Gasteiger partial charge >= 0.3 is 5.69 Å². The van der Waals surface area contributed by atoms with Crippen LogP contribution in [0.1, 0.15) is 18.5 Å². The summed E-state index contributed by atoms with van der Waals surface area (Å²) in [4.78, 5) is 25.7. The summed E-state index contributed by atoms with van der Waals surface area (Å²) in [5.74, 6) is -0.237. The molecule has 3 aromatic heterocycles. The van der Waals surface area contributed by atoms with Crippen LogP contribution in [0, 0.1) is 0 Å². The van der Waals surface area contributed by atoms with Gasteiger partial charge in [0.15, 0.2) is 11.1 Å². The number of nitrogens with two attached hydrogens (primary N) is 1. The number of imidazole rings is 1. The topological polar surface area (TPSA) is 137 Å². The highest BCUT2D eigenvalue weighted by Crippen LogP contribution is 2.23. The molecular weight excluding hydrogens is 358 g/mol. The zero-order chi connectivity index (χ0) is 19.3. The Kier molecular flexibility index (Phi) is 3.54. The summed E-state index contributed by atoms with van der Waals surface area (Å²) in [6.45, 7) is 0. The number of nitrogens with zero attached hydrogens (tertiary/aromatic N) is 4. The first kappa shape index (κ1) is 16.3. The molecule has 0 radical (unpaired) electrons. The third-order valence-corrected chi connectivity index (χ3v) is 4.56. The number of hydrogen-bond donors (Lipinski definition) is 4. The summed E-state index contributed by atoms with van der Waals surface area (Å²) in [5, 5.41) is 14.9. The number of fused-ring (bicyclic) bond motifs is 1. The predicted molar refractivity (Wildman–Crippen MR) is 103 cm³/mol. The maximum Gasteiger partial charge on any atom is 0.326 e. The Bertz CT molecular complexity index is 1380. The normalized spacial score (nSPS) is 15.6. The van der Waals surface area contributed by atoms with Gasteiger partial charge in [0, 0.05) is 22.5 Å². The fourth-order valence-electron chi connectivity index (χ4n) is 3.04. The molecule has 1 aliphatic rings. The molecule has 3 heterocycles. The highest BCUT2D eigenvalue weighted by Gasteiger charge is 2.20. The van der Waals surface area contributed by atoms with E-state index >= 15 is 0 Å². The molecular formula is C19H17N7O2. The SMILES string of the molecule is Nc1cccc(-c2cc(=NC3CC3)n3ncc(=Cc4[nH]c(=O)[nH]c4O)c3n2)c1. The van der Waals surface area contributed by atoms with Crippen molar-refractivity contribution < 1.29 is 5.11 Å².